The van der Waals surface area contributed by atoms with Gasteiger partial charge in [0, 0.05) is 12.8 Å². The van der Waals surface area contributed by atoms with Crippen molar-refractivity contribution in [3.63, 3.8) is 0 Å². The summed E-state index contributed by atoms with van der Waals surface area (Å²) in [5.41, 5.74) is 0. The molecule has 9 nitrogen and oxygen atoms in total. The minimum atomic E-state index is -4.41. The highest BCUT2D eigenvalue weighted by Crippen LogP contribution is 2.43. The second kappa shape index (κ2) is 51.8. The van der Waals surface area contributed by atoms with E-state index in [1.165, 1.54) is 25.7 Å². The molecule has 0 radical (unpaired) electrons. The van der Waals surface area contributed by atoms with Crippen LogP contribution in [-0.2, 0) is 32.7 Å². The SMILES string of the molecule is CC/C=C\C/C=C\C/C=C\C/C=C\C/C=C\C/C=C\C/C=C\C/C=C\C/C=C\C/C=C\CCCCC(=O)OC(COC(=O)CCCCCCC/C=C\C/C=C\CCCCC)COP(=O)(O)OCC[N+](C)(C)C. The average molecular weight is 1020 g/mol. The Balaban J connectivity index is 4.33. The zero-order chi connectivity index (χ0) is 52.7. The first kappa shape index (κ1) is 67.9. The van der Waals surface area contributed by atoms with Gasteiger partial charge in [0.25, 0.3) is 0 Å². The van der Waals surface area contributed by atoms with Crippen LogP contribution in [0.1, 0.15) is 181 Å². The van der Waals surface area contributed by atoms with Gasteiger partial charge in [-0.1, -0.05) is 192 Å². The van der Waals surface area contributed by atoms with Gasteiger partial charge in [-0.05, 0) is 122 Å². The van der Waals surface area contributed by atoms with Crippen LogP contribution >= 0.6 is 7.82 Å². The Morgan fingerprint density at radius 3 is 1.21 bits per heavy atom. The number of phosphoric ester groups is 1. The third-order valence-corrected chi connectivity index (χ3v) is 11.8. The quantitative estimate of drug-likeness (QED) is 0.0211. The molecule has 0 aromatic carbocycles. The number of ether oxygens (including phenoxy) is 2. The summed E-state index contributed by atoms with van der Waals surface area (Å²) < 4.78 is 34.4. The molecule has 0 aliphatic carbocycles. The maximum absolute atomic E-state index is 12.8. The molecule has 0 bridgehead atoms. The molecule has 0 rings (SSSR count). The van der Waals surface area contributed by atoms with Crippen molar-refractivity contribution >= 4 is 19.8 Å². The highest BCUT2D eigenvalue weighted by Gasteiger charge is 2.27. The monoisotopic (exact) mass is 1020 g/mol. The van der Waals surface area contributed by atoms with Gasteiger partial charge in [0.2, 0.25) is 0 Å². The Morgan fingerprint density at radius 1 is 0.444 bits per heavy atom. The number of phosphoric acid groups is 1. The Kier molecular flexibility index (Phi) is 48.8. The zero-order valence-electron chi connectivity index (χ0n) is 45.8. The molecule has 0 aromatic rings. The van der Waals surface area contributed by atoms with E-state index in [2.05, 4.69) is 160 Å². The van der Waals surface area contributed by atoms with Crippen molar-refractivity contribution in [1.29, 1.82) is 0 Å². The summed E-state index contributed by atoms with van der Waals surface area (Å²) in [5, 5.41) is 0. The molecule has 0 spiro atoms. The normalized spacial score (nSPS) is 14.5. The predicted molar refractivity (Wildman–Crippen MR) is 307 cm³/mol. The van der Waals surface area contributed by atoms with E-state index in [0.717, 1.165) is 116 Å². The van der Waals surface area contributed by atoms with Crippen LogP contribution in [0, 0.1) is 0 Å². The number of carbonyl (C=O) groups is 2. The number of carbonyl (C=O) groups excluding carboxylic acids is 2. The van der Waals surface area contributed by atoms with Gasteiger partial charge in [0.15, 0.2) is 6.10 Å². The summed E-state index contributed by atoms with van der Waals surface area (Å²) >= 11 is 0. The maximum atomic E-state index is 12.8. The molecule has 0 aromatic heterocycles. The lowest BCUT2D eigenvalue weighted by atomic mass is 10.1. The van der Waals surface area contributed by atoms with Gasteiger partial charge < -0.3 is 18.9 Å². The van der Waals surface area contributed by atoms with E-state index in [9.17, 15) is 19.0 Å². The summed E-state index contributed by atoms with van der Waals surface area (Å²) in [5.74, 6) is -0.879. The number of hydrogen-bond donors (Lipinski definition) is 1. The van der Waals surface area contributed by atoms with Crippen LogP contribution in [0.15, 0.2) is 146 Å². The Labute approximate surface area is 440 Å². The van der Waals surface area contributed by atoms with Gasteiger partial charge in [-0.3, -0.25) is 18.6 Å². The molecule has 1 N–H and O–H groups in total. The van der Waals surface area contributed by atoms with Crippen LogP contribution in [0.2, 0.25) is 0 Å². The number of nitrogens with zero attached hydrogens (tertiary/aromatic N) is 1. The number of hydrogen-bond acceptors (Lipinski definition) is 7. The molecular weight excluding hydrogens is 918 g/mol. The van der Waals surface area contributed by atoms with Gasteiger partial charge in [-0.15, -0.1) is 0 Å². The highest BCUT2D eigenvalue weighted by molar-refractivity contribution is 7.47. The zero-order valence-corrected chi connectivity index (χ0v) is 46.7. The van der Waals surface area contributed by atoms with Crippen LogP contribution in [0.4, 0.5) is 0 Å². The lowest BCUT2D eigenvalue weighted by Gasteiger charge is -2.24. The minimum Gasteiger partial charge on any atom is -0.462 e. The summed E-state index contributed by atoms with van der Waals surface area (Å²) in [6.07, 6.45) is 76.3. The lowest BCUT2D eigenvalue weighted by Crippen LogP contribution is -2.37. The van der Waals surface area contributed by atoms with E-state index in [-0.39, 0.29) is 26.1 Å². The molecule has 2 atom stereocenters. The fraction of sp³-hybridized carbons (Fsp3) is 0.581. The number of likely N-dealkylation sites (N-methyl/N-ethyl adjacent to an activating group) is 1. The maximum Gasteiger partial charge on any atom is 0.472 e. The van der Waals surface area contributed by atoms with Crippen molar-refractivity contribution in [2.75, 3.05) is 47.5 Å². The van der Waals surface area contributed by atoms with Gasteiger partial charge in [-0.25, -0.2) is 4.57 Å². The third-order valence-electron chi connectivity index (χ3n) is 10.9. The second-order valence-corrected chi connectivity index (χ2v) is 20.3. The largest absolute Gasteiger partial charge is 0.472 e. The van der Waals surface area contributed by atoms with Crippen molar-refractivity contribution in [3.8, 4) is 0 Å². The van der Waals surface area contributed by atoms with Crippen LogP contribution < -0.4 is 0 Å². The van der Waals surface area contributed by atoms with E-state index in [1.54, 1.807) is 0 Å². The molecule has 0 heterocycles. The number of allylic oxidation sites excluding steroid dienone is 24. The molecule has 0 amide bonds. The Hall–Kier alpha value is -4.11. The predicted octanol–water partition coefficient (Wildman–Crippen LogP) is 17.1. The number of unbranched alkanes of at least 4 members (excludes halogenated alkanes) is 10. The average Bonchev–Trinajstić information content (AvgIpc) is 3.34. The molecule has 0 saturated carbocycles. The summed E-state index contributed by atoms with van der Waals surface area (Å²) in [6.45, 7) is 4.19. The third kappa shape index (κ3) is 55.2. The first-order valence-corrected chi connectivity index (χ1v) is 29.1. The van der Waals surface area contributed by atoms with E-state index >= 15 is 0 Å². The summed E-state index contributed by atoms with van der Waals surface area (Å²) in [7, 11) is 1.41. The van der Waals surface area contributed by atoms with E-state index < -0.39 is 32.5 Å². The molecule has 0 aliphatic rings. The highest BCUT2D eigenvalue weighted by atomic mass is 31.2. The molecule has 10 heteroatoms. The van der Waals surface area contributed by atoms with Crippen molar-refractivity contribution in [2.24, 2.45) is 0 Å². The smallest absolute Gasteiger partial charge is 0.462 e. The van der Waals surface area contributed by atoms with Gasteiger partial charge >= 0.3 is 19.8 Å². The van der Waals surface area contributed by atoms with Gasteiger partial charge in [0.05, 0.1) is 27.7 Å². The summed E-state index contributed by atoms with van der Waals surface area (Å²) in [6, 6.07) is 0. The van der Waals surface area contributed by atoms with Crippen molar-refractivity contribution in [2.45, 2.75) is 187 Å². The molecule has 72 heavy (non-hydrogen) atoms. The van der Waals surface area contributed by atoms with Crippen LogP contribution in [-0.4, -0.2) is 74.9 Å². The van der Waals surface area contributed by atoms with E-state index in [1.807, 2.05) is 21.1 Å². The summed E-state index contributed by atoms with van der Waals surface area (Å²) in [4.78, 5) is 35.6. The molecule has 406 valence electrons. The number of rotatable bonds is 48. The fourth-order valence-electron chi connectivity index (χ4n) is 6.60. The van der Waals surface area contributed by atoms with Crippen molar-refractivity contribution < 1.29 is 42.1 Å². The topological polar surface area (TPSA) is 108 Å². The first-order valence-electron chi connectivity index (χ1n) is 27.6. The fourth-order valence-corrected chi connectivity index (χ4v) is 7.34. The minimum absolute atomic E-state index is 0.0120. The van der Waals surface area contributed by atoms with Gasteiger partial charge in [0.1, 0.15) is 19.8 Å². The lowest BCUT2D eigenvalue weighted by molar-refractivity contribution is -0.870. The second-order valence-electron chi connectivity index (χ2n) is 18.9. The molecule has 0 fully saturated rings. The van der Waals surface area contributed by atoms with Crippen LogP contribution in [0.3, 0.4) is 0 Å². The van der Waals surface area contributed by atoms with Crippen molar-refractivity contribution in [1.82, 2.24) is 0 Å². The van der Waals surface area contributed by atoms with Crippen molar-refractivity contribution in [3.05, 3.63) is 146 Å². The molecule has 0 saturated heterocycles. The molecular formula is C62H101NO8P+. The molecule has 2 unspecified atom stereocenters. The van der Waals surface area contributed by atoms with E-state index in [0.29, 0.717) is 23.9 Å². The van der Waals surface area contributed by atoms with Crippen LogP contribution in [0.5, 0.6) is 0 Å². The standard InChI is InChI=1S/C62H100NO8P/c1-6-8-10-12-14-16-18-20-22-23-24-25-26-27-28-29-30-31-32-33-34-35-36-37-38-39-41-43-45-47-49-51-53-55-62(65)71-60(59-70-72(66,67)69-57-56-63(3,4)5)58-68-61(64)54-52-50-48-46-44-42-40-21-19-17-15-13-11-9-7-2/h8,10,14-17,20-22,24-25,27-28,30-31,33-34,36-37,39-41,45,47,60H,6-7,9,11-13,18-19,23,26,29,32,35,38,42-44,46,48-59H2,1-5H3/p+1/b10-8-,16-14-,17-15-,22-20-,25-24-,28-27-,31-30-,34-33-,37-36-,40-21-,41-39-,47-45-. The van der Waals surface area contributed by atoms with E-state index in [4.69, 9.17) is 18.5 Å². The number of quaternary nitrogens is 1. The van der Waals surface area contributed by atoms with Gasteiger partial charge in [-0.2, -0.15) is 0 Å². The first-order chi connectivity index (χ1) is 35.0. The Bertz CT molecular complexity index is 1720. The Morgan fingerprint density at radius 2 is 0.792 bits per heavy atom. The molecule has 0 aliphatic heterocycles. The number of esters is 2. The van der Waals surface area contributed by atoms with Crippen LogP contribution in [0.25, 0.3) is 0 Å².